The second-order valence-electron chi connectivity index (χ2n) is 7.18. The summed E-state index contributed by atoms with van der Waals surface area (Å²) in [7, 11) is 0. The molecule has 5 heteroatoms. The largest absolute Gasteiger partial charge is 4.00 e. The zero-order chi connectivity index (χ0) is 22.7. The molecule has 0 aromatic heterocycles. The van der Waals surface area contributed by atoms with Crippen LogP contribution in [0.15, 0.2) is 36.5 Å². The van der Waals surface area contributed by atoms with Crippen molar-refractivity contribution in [1.82, 2.24) is 0 Å². The maximum atomic E-state index is 10.1. The fourth-order valence-electron chi connectivity index (χ4n) is 2.46. The quantitative estimate of drug-likeness (QED) is 0.214. The molecule has 1 radical (unpaired) electrons. The number of hydrogen-bond donors (Lipinski definition) is 0. The van der Waals surface area contributed by atoms with E-state index in [0.29, 0.717) is 12.8 Å². The first-order valence-corrected chi connectivity index (χ1v) is 11.5. The average molecular weight is 466 g/mol. The summed E-state index contributed by atoms with van der Waals surface area (Å²) in [5.74, 6) is -0.840. The van der Waals surface area contributed by atoms with E-state index in [1.165, 1.54) is 38.5 Å². The molecule has 173 valence electrons. The van der Waals surface area contributed by atoms with Gasteiger partial charge in [0.1, 0.15) is 0 Å². The fraction of sp³-hybridized carbons (Fsp3) is 0.615. The Morgan fingerprint density at radius 2 is 1.03 bits per heavy atom. The van der Waals surface area contributed by atoms with Crippen molar-refractivity contribution in [3.8, 4) is 0 Å². The molecule has 0 saturated carbocycles. The summed E-state index contributed by atoms with van der Waals surface area (Å²) >= 11 is 0. The van der Waals surface area contributed by atoms with Crippen LogP contribution in [0.25, 0.3) is 11.5 Å². The molecule has 2 N–H and O–H groups in total. The second kappa shape index (κ2) is 30.7. The Labute approximate surface area is 203 Å². The van der Waals surface area contributed by atoms with Crippen LogP contribution in [0.2, 0.25) is 0 Å². The molecule has 0 fully saturated rings. The maximum absolute atomic E-state index is 10.1. The van der Waals surface area contributed by atoms with E-state index in [1.807, 2.05) is 24.3 Å². The summed E-state index contributed by atoms with van der Waals surface area (Å²) < 4.78 is 0. The molecule has 0 saturated heterocycles. The number of carbonyl (C=O) groups is 2. The minimum absolute atomic E-state index is 0. The molecule has 0 aromatic carbocycles. The maximum Gasteiger partial charge on any atom is 4.00 e. The SMILES string of the molecule is CCCCCCCC([NH-])=O.CCCCCCCC([NH-])=O.[C-]1=CC=CC1.[C-]1=CC=CC1.[V+4]. The van der Waals surface area contributed by atoms with Gasteiger partial charge in [0.25, 0.3) is 0 Å². The van der Waals surface area contributed by atoms with Gasteiger partial charge in [-0.15, -0.1) is 12.8 Å². The van der Waals surface area contributed by atoms with Gasteiger partial charge in [-0.25, -0.2) is 24.3 Å². The molecular weight excluding hydrogens is 423 g/mol. The van der Waals surface area contributed by atoms with E-state index in [-0.39, 0.29) is 18.6 Å². The Hall–Kier alpha value is -1.52. The van der Waals surface area contributed by atoms with Gasteiger partial charge in [-0.3, -0.25) is 12.2 Å². The Morgan fingerprint density at radius 1 is 0.677 bits per heavy atom. The van der Waals surface area contributed by atoms with Crippen LogP contribution < -0.4 is 0 Å². The average Bonchev–Trinajstić information content (AvgIpc) is 3.46. The summed E-state index contributed by atoms with van der Waals surface area (Å²) in [6.45, 7) is 4.32. The van der Waals surface area contributed by atoms with Crippen molar-refractivity contribution >= 4 is 11.8 Å². The number of allylic oxidation sites excluding steroid dienone is 8. The van der Waals surface area contributed by atoms with Crippen LogP contribution in [-0.2, 0) is 28.1 Å². The fourth-order valence-corrected chi connectivity index (χ4v) is 2.46. The van der Waals surface area contributed by atoms with E-state index in [1.54, 1.807) is 0 Å². The van der Waals surface area contributed by atoms with Gasteiger partial charge in [0.05, 0.1) is 0 Å². The molecule has 0 spiro atoms. The van der Waals surface area contributed by atoms with Crippen molar-refractivity contribution in [3.63, 3.8) is 0 Å². The number of rotatable bonds is 12. The van der Waals surface area contributed by atoms with Crippen LogP contribution in [0.1, 0.15) is 104 Å². The number of amides is 2. The Balaban J connectivity index is -0.000000348. The van der Waals surface area contributed by atoms with Gasteiger partial charge in [0, 0.05) is 11.8 Å². The molecule has 4 nitrogen and oxygen atoms in total. The van der Waals surface area contributed by atoms with Crippen molar-refractivity contribution in [1.29, 1.82) is 0 Å². The van der Waals surface area contributed by atoms with Crippen molar-refractivity contribution in [2.24, 2.45) is 0 Å². The third kappa shape index (κ3) is 39.5. The standard InChI is InChI=1S/2C8H17NO.2C5H5.V/c2*1-2-3-4-5-6-7-8(9)10;2*1-2-4-5-3-1;/h2*2-7H2,1H3,(H2,9,10);2*1-3H,4H2;/q;;2*-1;+4/p-2. The molecule has 2 aliphatic carbocycles. The van der Waals surface area contributed by atoms with Crippen LogP contribution in [0, 0.1) is 12.2 Å². The van der Waals surface area contributed by atoms with Crippen molar-refractivity contribution in [3.05, 3.63) is 60.1 Å². The molecule has 2 amide bonds. The third-order valence-corrected chi connectivity index (χ3v) is 4.19. The minimum atomic E-state index is -0.420. The van der Waals surface area contributed by atoms with Crippen molar-refractivity contribution < 1.29 is 28.1 Å². The number of nitrogens with one attached hydrogen (secondary N) is 2. The van der Waals surface area contributed by atoms with Gasteiger partial charge >= 0.3 is 18.6 Å². The van der Waals surface area contributed by atoms with E-state index < -0.39 is 11.8 Å². The first-order valence-electron chi connectivity index (χ1n) is 11.5. The predicted molar refractivity (Wildman–Crippen MR) is 129 cm³/mol. The van der Waals surface area contributed by atoms with E-state index >= 15 is 0 Å². The Morgan fingerprint density at radius 3 is 1.23 bits per heavy atom. The molecule has 0 aromatic rings. The van der Waals surface area contributed by atoms with Gasteiger partial charge in [0.15, 0.2) is 0 Å². The van der Waals surface area contributed by atoms with E-state index in [4.69, 9.17) is 11.5 Å². The van der Waals surface area contributed by atoms with Crippen LogP contribution in [0.4, 0.5) is 0 Å². The monoisotopic (exact) mass is 465 g/mol. The van der Waals surface area contributed by atoms with E-state index in [2.05, 4.69) is 38.2 Å². The third-order valence-electron chi connectivity index (χ3n) is 4.19. The van der Waals surface area contributed by atoms with Crippen LogP contribution in [0.5, 0.6) is 0 Å². The summed E-state index contributed by atoms with van der Waals surface area (Å²) in [5, 5.41) is 0. The predicted octanol–water partition coefficient (Wildman–Crippen LogP) is 8.46. The Bertz CT molecular complexity index is 446. The Kier molecular flexibility index (Phi) is 33.7. The first kappa shape index (κ1) is 34.1. The van der Waals surface area contributed by atoms with Gasteiger partial charge in [-0.1, -0.05) is 65.2 Å². The summed E-state index contributed by atoms with van der Waals surface area (Å²) in [6, 6.07) is 0. The number of carbonyl (C=O) groups excluding carboxylic acids is 2. The number of unbranched alkanes of at least 4 members (excludes halogenated alkanes) is 8. The van der Waals surface area contributed by atoms with Gasteiger partial charge in [-0.05, 0) is 25.7 Å². The second-order valence-corrected chi connectivity index (χ2v) is 7.18. The molecule has 0 heterocycles. The van der Waals surface area contributed by atoms with Gasteiger partial charge in [0.2, 0.25) is 0 Å². The molecule has 0 atom stereocenters. The van der Waals surface area contributed by atoms with Crippen LogP contribution in [0.3, 0.4) is 0 Å². The molecule has 0 aliphatic heterocycles. The normalized spacial score (nSPS) is 11.9. The van der Waals surface area contributed by atoms with Gasteiger partial charge < -0.3 is 21.1 Å². The molecule has 31 heavy (non-hydrogen) atoms. The van der Waals surface area contributed by atoms with Crippen molar-refractivity contribution in [2.45, 2.75) is 104 Å². The molecule has 2 aliphatic rings. The minimum Gasteiger partial charge on any atom is -0.668 e. The summed E-state index contributed by atoms with van der Waals surface area (Å²) in [4.78, 5) is 20.3. The smallest absolute Gasteiger partial charge is 0.668 e. The molecule has 2 rings (SSSR count). The number of hydrogen-bond acceptors (Lipinski definition) is 2. The van der Waals surface area contributed by atoms with Crippen LogP contribution >= 0.6 is 0 Å². The zero-order valence-electron chi connectivity index (χ0n) is 19.6. The molecule has 0 unspecified atom stereocenters. The molecule has 0 bridgehead atoms. The first-order chi connectivity index (χ1) is 14.5. The topological polar surface area (TPSA) is 81.7 Å². The van der Waals surface area contributed by atoms with Crippen LogP contribution in [-0.4, -0.2) is 11.8 Å². The molecular formula is C26H42N2O2V. The summed E-state index contributed by atoms with van der Waals surface area (Å²) in [5.41, 5.74) is 13.2. The zero-order valence-corrected chi connectivity index (χ0v) is 21.0. The van der Waals surface area contributed by atoms with E-state index in [0.717, 1.165) is 38.5 Å². The van der Waals surface area contributed by atoms with Crippen molar-refractivity contribution in [2.75, 3.05) is 0 Å². The van der Waals surface area contributed by atoms with E-state index in [9.17, 15) is 9.59 Å². The van der Waals surface area contributed by atoms with Gasteiger partial charge in [-0.2, -0.15) is 12.2 Å². The summed E-state index contributed by atoms with van der Waals surface area (Å²) in [6.07, 6.45) is 32.3.